The van der Waals surface area contributed by atoms with Crippen LogP contribution in [0.5, 0.6) is 0 Å². The number of hydrogen-bond donors (Lipinski definition) is 1. The van der Waals surface area contributed by atoms with Crippen molar-refractivity contribution in [1.29, 1.82) is 5.26 Å². The van der Waals surface area contributed by atoms with Gasteiger partial charge in [-0.05, 0) is 18.4 Å². The first-order valence-electron chi connectivity index (χ1n) is 5.44. The predicted molar refractivity (Wildman–Crippen MR) is 64.0 cm³/mol. The number of anilines is 1. The number of fused-ring (bicyclic) bond motifs is 3. The average Bonchev–Trinajstić information content (AvgIpc) is 2.37. The van der Waals surface area contributed by atoms with Gasteiger partial charge in [-0.3, -0.25) is 0 Å². The van der Waals surface area contributed by atoms with Crippen molar-refractivity contribution < 1.29 is 0 Å². The van der Waals surface area contributed by atoms with Crippen LogP contribution in [0.1, 0.15) is 17.0 Å². The molecule has 0 fully saturated rings. The molecule has 0 aliphatic heterocycles. The molecule has 0 bridgehead atoms. The summed E-state index contributed by atoms with van der Waals surface area (Å²) in [6.07, 6.45) is 1.78. The molecule has 2 N–H and O–H groups in total. The second-order valence-corrected chi connectivity index (χ2v) is 4.02. The van der Waals surface area contributed by atoms with Gasteiger partial charge in [0.2, 0.25) is 0 Å². The van der Waals surface area contributed by atoms with Crippen LogP contribution in [0.3, 0.4) is 0 Å². The molecule has 1 aromatic heterocycles. The van der Waals surface area contributed by atoms with Gasteiger partial charge in [-0.1, -0.05) is 24.3 Å². The second-order valence-electron chi connectivity index (χ2n) is 4.02. The van der Waals surface area contributed by atoms with Crippen LogP contribution in [0.25, 0.3) is 11.3 Å². The van der Waals surface area contributed by atoms with E-state index in [1.807, 2.05) is 24.3 Å². The molecule has 0 spiro atoms. The van der Waals surface area contributed by atoms with E-state index in [4.69, 9.17) is 11.0 Å². The Morgan fingerprint density at radius 1 is 1.18 bits per heavy atom. The van der Waals surface area contributed by atoms with E-state index in [1.54, 1.807) is 0 Å². The largest absolute Gasteiger partial charge is 0.381 e. The number of rotatable bonds is 0. The summed E-state index contributed by atoms with van der Waals surface area (Å²) < 4.78 is 0. The van der Waals surface area contributed by atoms with E-state index in [0.29, 0.717) is 0 Å². The van der Waals surface area contributed by atoms with E-state index in [-0.39, 0.29) is 11.5 Å². The molecule has 0 saturated carbocycles. The van der Waals surface area contributed by atoms with Gasteiger partial charge in [0.15, 0.2) is 11.5 Å². The number of nitrogens with two attached hydrogens (primary N) is 1. The highest BCUT2D eigenvalue weighted by Gasteiger charge is 2.20. The summed E-state index contributed by atoms with van der Waals surface area (Å²) in [6, 6.07) is 10.1. The highest BCUT2D eigenvalue weighted by molar-refractivity contribution is 5.70. The van der Waals surface area contributed by atoms with Gasteiger partial charge in [0.1, 0.15) is 6.07 Å². The number of nitrogen functional groups attached to an aromatic ring is 1. The van der Waals surface area contributed by atoms with E-state index >= 15 is 0 Å². The van der Waals surface area contributed by atoms with Crippen LogP contribution in [0.4, 0.5) is 5.82 Å². The number of aromatic nitrogens is 2. The molecule has 0 radical (unpaired) electrons. The van der Waals surface area contributed by atoms with Gasteiger partial charge >= 0.3 is 0 Å². The summed E-state index contributed by atoms with van der Waals surface area (Å²) in [6.45, 7) is 0. The molecule has 82 valence electrons. The summed E-state index contributed by atoms with van der Waals surface area (Å²) in [5, 5.41) is 8.94. The summed E-state index contributed by atoms with van der Waals surface area (Å²) in [7, 11) is 0. The molecule has 1 heterocycles. The monoisotopic (exact) mass is 222 g/mol. The quantitative estimate of drug-likeness (QED) is 0.736. The number of aryl methyl sites for hydroxylation is 2. The Morgan fingerprint density at radius 3 is 2.82 bits per heavy atom. The molecule has 4 nitrogen and oxygen atoms in total. The first-order chi connectivity index (χ1) is 8.29. The van der Waals surface area contributed by atoms with Crippen molar-refractivity contribution in [2.75, 3.05) is 5.73 Å². The summed E-state index contributed by atoms with van der Waals surface area (Å²) in [5.74, 6) is 0.227. The van der Waals surface area contributed by atoms with Gasteiger partial charge in [-0.15, -0.1) is 0 Å². The lowest BCUT2D eigenvalue weighted by Crippen LogP contribution is -2.11. The first kappa shape index (κ1) is 9.79. The smallest absolute Gasteiger partial charge is 0.183 e. The van der Waals surface area contributed by atoms with Crippen LogP contribution in [0.2, 0.25) is 0 Å². The Hall–Kier alpha value is -2.41. The molecule has 2 aromatic rings. The zero-order valence-electron chi connectivity index (χ0n) is 9.14. The Kier molecular flexibility index (Phi) is 2.05. The van der Waals surface area contributed by atoms with Crippen LogP contribution in [0.15, 0.2) is 24.3 Å². The molecule has 0 unspecified atom stereocenters. The summed E-state index contributed by atoms with van der Waals surface area (Å²) in [5.41, 5.74) is 9.90. The van der Waals surface area contributed by atoms with Crippen molar-refractivity contribution in [3.8, 4) is 17.3 Å². The van der Waals surface area contributed by atoms with Crippen LogP contribution in [-0.4, -0.2) is 9.97 Å². The van der Waals surface area contributed by atoms with E-state index < -0.39 is 0 Å². The van der Waals surface area contributed by atoms with Crippen molar-refractivity contribution in [1.82, 2.24) is 9.97 Å². The average molecular weight is 222 g/mol. The van der Waals surface area contributed by atoms with Gasteiger partial charge in [-0.2, -0.15) is 5.26 Å². The third-order valence-corrected chi connectivity index (χ3v) is 3.00. The number of hydrogen-bond acceptors (Lipinski definition) is 4. The third kappa shape index (κ3) is 1.44. The van der Waals surface area contributed by atoms with E-state index in [1.165, 1.54) is 5.56 Å². The molecule has 1 aliphatic carbocycles. The molecule has 1 aromatic carbocycles. The minimum atomic E-state index is 0.209. The molecule has 4 heteroatoms. The first-order valence-corrected chi connectivity index (χ1v) is 5.44. The van der Waals surface area contributed by atoms with Crippen LogP contribution in [-0.2, 0) is 12.8 Å². The minimum Gasteiger partial charge on any atom is -0.381 e. The minimum absolute atomic E-state index is 0.209. The van der Waals surface area contributed by atoms with E-state index in [9.17, 15) is 0 Å². The number of nitrogens with zero attached hydrogens (tertiary/aromatic N) is 3. The molecular weight excluding hydrogens is 212 g/mol. The Labute approximate surface area is 98.7 Å². The fourth-order valence-corrected chi connectivity index (χ4v) is 2.18. The zero-order chi connectivity index (χ0) is 11.8. The molecule has 0 atom stereocenters. The summed E-state index contributed by atoms with van der Waals surface area (Å²) >= 11 is 0. The summed E-state index contributed by atoms with van der Waals surface area (Å²) in [4.78, 5) is 8.60. The lowest BCUT2D eigenvalue weighted by Gasteiger charge is -2.18. The van der Waals surface area contributed by atoms with E-state index in [2.05, 4.69) is 16.0 Å². The SMILES string of the molecule is N#Cc1nc2c(nc1N)CCc1ccccc1-2. The van der Waals surface area contributed by atoms with Crippen molar-refractivity contribution in [3.05, 3.63) is 41.2 Å². The molecular formula is C13H10N4. The highest BCUT2D eigenvalue weighted by atomic mass is 14.9. The van der Waals surface area contributed by atoms with Gasteiger partial charge in [0.05, 0.1) is 11.4 Å². The standard InChI is InChI=1S/C13H10N4/c14-7-11-13(15)17-10-6-5-8-3-1-2-4-9(8)12(10)16-11/h1-4H,5-6H2,(H2,15,17). The maximum atomic E-state index is 8.94. The van der Waals surface area contributed by atoms with Crippen LogP contribution < -0.4 is 5.73 Å². The fraction of sp³-hybridized carbons (Fsp3) is 0.154. The molecule has 17 heavy (non-hydrogen) atoms. The zero-order valence-corrected chi connectivity index (χ0v) is 9.14. The Morgan fingerprint density at radius 2 is 2.00 bits per heavy atom. The normalized spacial score (nSPS) is 12.4. The van der Waals surface area contributed by atoms with Crippen molar-refractivity contribution in [2.24, 2.45) is 0 Å². The topological polar surface area (TPSA) is 75.6 Å². The van der Waals surface area contributed by atoms with Gasteiger partial charge in [0.25, 0.3) is 0 Å². The van der Waals surface area contributed by atoms with Crippen LogP contribution >= 0.6 is 0 Å². The van der Waals surface area contributed by atoms with Gasteiger partial charge < -0.3 is 5.73 Å². The molecule has 1 aliphatic rings. The maximum Gasteiger partial charge on any atom is 0.183 e. The highest BCUT2D eigenvalue weighted by Crippen LogP contribution is 2.31. The Bertz CT molecular complexity index is 640. The van der Waals surface area contributed by atoms with Crippen molar-refractivity contribution in [3.63, 3.8) is 0 Å². The number of nitriles is 1. The second kappa shape index (κ2) is 3.56. The molecule has 3 rings (SSSR count). The van der Waals surface area contributed by atoms with Crippen molar-refractivity contribution in [2.45, 2.75) is 12.8 Å². The fourth-order valence-electron chi connectivity index (χ4n) is 2.18. The van der Waals surface area contributed by atoms with Crippen molar-refractivity contribution >= 4 is 5.82 Å². The number of benzene rings is 1. The van der Waals surface area contributed by atoms with Gasteiger partial charge in [0, 0.05) is 5.56 Å². The Balaban J connectivity index is 2.29. The van der Waals surface area contributed by atoms with Gasteiger partial charge in [-0.25, -0.2) is 9.97 Å². The lowest BCUT2D eigenvalue weighted by molar-refractivity contribution is 0.879. The maximum absolute atomic E-state index is 8.94. The third-order valence-electron chi connectivity index (χ3n) is 3.00. The molecule has 0 amide bonds. The predicted octanol–water partition coefficient (Wildman–Crippen LogP) is 1.70. The van der Waals surface area contributed by atoms with E-state index in [0.717, 1.165) is 29.8 Å². The molecule has 0 saturated heterocycles. The van der Waals surface area contributed by atoms with Crippen LogP contribution in [0, 0.1) is 11.3 Å². The lowest BCUT2D eigenvalue weighted by atomic mass is 9.92.